The zero-order valence-corrected chi connectivity index (χ0v) is 14.8. The fourth-order valence-corrected chi connectivity index (χ4v) is 4.10. The van der Waals surface area contributed by atoms with Crippen molar-refractivity contribution in [2.24, 2.45) is 5.41 Å². The number of likely N-dealkylation sites (tertiary alicyclic amines) is 2. The second kappa shape index (κ2) is 6.04. The van der Waals surface area contributed by atoms with E-state index >= 15 is 0 Å². The lowest BCUT2D eigenvalue weighted by Gasteiger charge is -2.42. The second-order valence-electron chi connectivity index (χ2n) is 7.25. The van der Waals surface area contributed by atoms with Crippen LogP contribution in [0.25, 0.3) is 0 Å². The van der Waals surface area contributed by atoms with E-state index < -0.39 is 30.2 Å². The molecule has 2 saturated heterocycles. The van der Waals surface area contributed by atoms with E-state index in [2.05, 4.69) is 4.98 Å². The molecule has 0 N–H and O–H groups in total. The van der Waals surface area contributed by atoms with Gasteiger partial charge in [0.1, 0.15) is 0 Å². The Balaban J connectivity index is 1.91. The van der Waals surface area contributed by atoms with Crippen LogP contribution >= 0.6 is 0 Å². The summed E-state index contributed by atoms with van der Waals surface area (Å²) in [7, 11) is 0. The molecule has 2 aliphatic heterocycles. The number of aromatic nitrogens is 1. The van der Waals surface area contributed by atoms with E-state index in [1.807, 2.05) is 6.92 Å². The van der Waals surface area contributed by atoms with Gasteiger partial charge in [-0.15, -0.1) is 0 Å². The summed E-state index contributed by atoms with van der Waals surface area (Å²) < 4.78 is 28.8. The molecule has 1 aromatic heterocycles. The van der Waals surface area contributed by atoms with Crippen LogP contribution in [0.1, 0.15) is 41.5 Å². The SMILES string of the molecule is CCN1CC[C@]2(CN(C(=O)c3cc(C)nc(C)c3)CC(F)(F)C2)C1=O. The molecular weight excluding hydrogens is 328 g/mol. The van der Waals surface area contributed by atoms with Crippen molar-refractivity contribution in [3.05, 3.63) is 29.1 Å². The smallest absolute Gasteiger partial charge is 0.266 e. The first-order chi connectivity index (χ1) is 11.7. The van der Waals surface area contributed by atoms with Gasteiger partial charge >= 0.3 is 0 Å². The summed E-state index contributed by atoms with van der Waals surface area (Å²) in [5.41, 5.74) is 0.507. The maximum Gasteiger partial charge on any atom is 0.266 e. The van der Waals surface area contributed by atoms with Gasteiger partial charge in [-0.1, -0.05) is 0 Å². The second-order valence-corrected chi connectivity index (χ2v) is 7.25. The van der Waals surface area contributed by atoms with E-state index in [0.29, 0.717) is 36.5 Å². The third-order valence-electron chi connectivity index (χ3n) is 5.11. The van der Waals surface area contributed by atoms with Gasteiger partial charge in [-0.2, -0.15) is 0 Å². The molecule has 3 rings (SSSR count). The topological polar surface area (TPSA) is 53.5 Å². The Morgan fingerprint density at radius 3 is 2.44 bits per heavy atom. The third-order valence-corrected chi connectivity index (χ3v) is 5.11. The Hall–Kier alpha value is -2.05. The number of pyridine rings is 1. The van der Waals surface area contributed by atoms with Crippen molar-refractivity contribution >= 4 is 11.8 Å². The number of amides is 2. The van der Waals surface area contributed by atoms with Gasteiger partial charge < -0.3 is 9.80 Å². The first-order valence-electron chi connectivity index (χ1n) is 8.58. The average Bonchev–Trinajstić information content (AvgIpc) is 2.79. The molecule has 3 heterocycles. The number of carbonyl (C=O) groups excluding carboxylic acids is 2. The number of alkyl halides is 2. The van der Waals surface area contributed by atoms with Crippen LogP contribution in [0.15, 0.2) is 12.1 Å². The molecule has 1 aromatic rings. The van der Waals surface area contributed by atoms with Gasteiger partial charge in [0.05, 0.1) is 12.0 Å². The van der Waals surface area contributed by atoms with Gasteiger partial charge in [0.15, 0.2) is 0 Å². The standard InChI is InChI=1S/C18H23F2N3O2/c1-4-22-6-5-17(16(22)25)9-18(19,20)11-23(10-17)15(24)14-7-12(2)21-13(3)8-14/h7-8H,4-6,9-11H2,1-3H3/t17-/m0/s1. The fraction of sp³-hybridized carbons (Fsp3) is 0.611. The van der Waals surface area contributed by atoms with E-state index in [9.17, 15) is 18.4 Å². The summed E-state index contributed by atoms with van der Waals surface area (Å²) in [4.78, 5) is 32.5. The molecule has 5 nitrogen and oxygen atoms in total. The number of aryl methyl sites for hydroxylation is 2. The van der Waals surface area contributed by atoms with Crippen molar-refractivity contribution in [2.45, 2.75) is 39.5 Å². The highest BCUT2D eigenvalue weighted by atomic mass is 19.3. The zero-order chi connectivity index (χ0) is 18.4. The van der Waals surface area contributed by atoms with Crippen molar-refractivity contribution < 1.29 is 18.4 Å². The largest absolute Gasteiger partial charge is 0.342 e. The van der Waals surface area contributed by atoms with Crippen LogP contribution in [0.5, 0.6) is 0 Å². The van der Waals surface area contributed by atoms with Crippen LogP contribution in [-0.2, 0) is 4.79 Å². The van der Waals surface area contributed by atoms with Crippen molar-refractivity contribution in [3.8, 4) is 0 Å². The lowest BCUT2D eigenvalue weighted by Crippen LogP contribution is -2.57. The predicted molar refractivity (Wildman–Crippen MR) is 88.5 cm³/mol. The number of hydrogen-bond donors (Lipinski definition) is 0. The molecule has 0 radical (unpaired) electrons. The summed E-state index contributed by atoms with van der Waals surface area (Å²) in [6.45, 7) is 5.74. The number of carbonyl (C=O) groups is 2. The Labute approximate surface area is 146 Å². The molecule has 1 atom stereocenters. The minimum absolute atomic E-state index is 0.0528. The number of halogens is 2. The van der Waals surface area contributed by atoms with Crippen LogP contribution in [0.4, 0.5) is 8.78 Å². The third kappa shape index (κ3) is 3.24. The van der Waals surface area contributed by atoms with Gasteiger partial charge in [0, 0.05) is 43.0 Å². The zero-order valence-electron chi connectivity index (χ0n) is 14.8. The van der Waals surface area contributed by atoms with Crippen LogP contribution in [0.2, 0.25) is 0 Å². The Morgan fingerprint density at radius 2 is 1.88 bits per heavy atom. The van der Waals surface area contributed by atoms with Crippen LogP contribution < -0.4 is 0 Å². The molecule has 0 aliphatic carbocycles. The molecule has 7 heteroatoms. The van der Waals surface area contributed by atoms with Gasteiger partial charge in [0.2, 0.25) is 5.91 Å². The highest BCUT2D eigenvalue weighted by Crippen LogP contribution is 2.45. The normalized spacial score (nSPS) is 25.7. The van der Waals surface area contributed by atoms with E-state index in [0.717, 1.165) is 4.90 Å². The monoisotopic (exact) mass is 351 g/mol. The summed E-state index contributed by atoms with van der Waals surface area (Å²) in [6.07, 6.45) is -0.110. The molecule has 25 heavy (non-hydrogen) atoms. The van der Waals surface area contributed by atoms with E-state index in [1.54, 1.807) is 30.9 Å². The number of nitrogens with zero attached hydrogens (tertiary/aromatic N) is 3. The average molecular weight is 351 g/mol. The van der Waals surface area contributed by atoms with Crippen LogP contribution in [-0.4, -0.2) is 58.7 Å². The van der Waals surface area contributed by atoms with E-state index in [4.69, 9.17) is 0 Å². The molecule has 136 valence electrons. The molecular formula is C18H23F2N3O2. The van der Waals surface area contributed by atoms with Gasteiger partial charge in [0.25, 0.3) is 11.8 Å². The van der Waals surface area contributed by atoms with E-state index in [-0.39, 0.29) is 12.5 Å². The van der Waals surface area contributed by atoms with Crippen LogP contribution in [0, 0.1) is 19.3 Å². The number of rotatable bonds is 2. The van der Waals surface area contributed by atoms with Gasteiger partial charge in [-0.25, -0.2) is 8.78 Å². The fourth-order valence-electron chi connectivity index (χ4n) is 4.10. The molecule has 0 aromatic carbocycles. The lowest BCUT2D eigenvalue weighted by atomic mass is 9.76. The summed E-state index contributed by atoms with van der Waals surface area (Å²) >= 11 is 0. The maximum absolute atomic E-state index is 14.4. The number of hydrogen-bond acceptors (Lipinski definition) is 3. The van der Waals surface area contributed by atoms with Crippen LogP contribution in [0.3, 0.4) is 0 Å². The molecule has 1 spiro atoms. The maximum atomic E-state index is 14.4. The first kappa shape index (κ1) is 17.8. The van der Waals surface area contributed by atoms with Gasteiger partial charge in [-0.3, -0.25) is 14.6 Å². The first-order valence-corrected chi connectivity index (χ1v) is 8.58. The molecule has 2 aliphatic rings. The predicted octanol–water partition coefficient (Wildman–Crippen LogP) is 2.42. The van der Waals surface area contributed by atoms with Crippen molar-refractivity contribution in [3.63, 3.8) is 0 Å². The quantitative estimate of drug-likeness (QED) is 0.822. The van der Waals surface area contributed by atoms with Crippen molar-refractivity contribution in [2.75, 3.05) is 26.2 Å². The Morgan fingerprint density at radius 1 is 1.24 bits per heavy atom. The summed E-state index contributed by atoms with van der Waals surface area (Å²) in [6, 6.07) is 3.20. The molecule has 0 bridgehead atoms. The van der Waals surface area contributed by atoms with Crippen molar-refractivity contribution in [1.29, 1.82) is 0 Å². The van der Waals surface area contributed by atoms with E-state index in [1.165, 1.54) is 0 Å². The number of piperidine rings is 1. The lowest BCUT2D eigenvalue weighted by molar-refractivity contribution is -0.151. The molecule has 2 fully saturated rings. The Bertz CT molecular complexity index is 702. The summed E-state index contributed by atoms with van der Waals surface area (Å²) in [5.74, 6) is -3.78. The highest BCUT2D eigenvalue weighted by molar-refractivity contribution is 5.95. The Kier molecular flexibility index (Phi) is 4.29. The summed E-state index contributed by atoms with van der Waals surface area (Å²) in [5, 5.41) is 0. The highest BCUT2D eigenvalue weighted by Gasteiger charge is 2.57. The minimum Gasteiger partial charge on any atom is -0.342 e. The molecule has 0 unspecified atom stereocenters. The minimum atomic E-state index is -3.07. The van der Waals surface area contributed by atoms with Crippen molar-refractivity contribution in [1.82, 2.24) is 14.8 Å². The molecule has 2 amide bonds. The van der Waals surface area contributed by atoms with Gasteiger partial charge in [-0.05, 0) is 39.3 Å². The molecule has 0 saturated carbocycles.